The minimum Gasteiger partial charge on any atom is -0.483 e. The molecule has 5 heterocycles. The number of nitrogens with one attached hydrogen (secondary N) is 2. The van der Waals surface area contributed by atoms with E-state index in [0.717, 1.165) is 0 Å². The number of halogens is 2. The van der Waals surface area contributed by atoms with Crippen LogP contribution in [0.5, 0.6) is 0 Å². The highest BCUT2D eigenvalue weighted by Crippen LogP contribution is 2.34. The van der Waals surface area contributed by atoms with E-state index in [1.54, 1.807) is 37.8 Å². The number of ether oxygens (including phenoxy) is 3. The zero-order chi connectivity index (χ0) is 29.8. The van der Waals surface area contributed by atoms with Gasteiger partial charge in [-0.15, -0.1) is 10.2 Å². The minimum absolute atomic E-state index is 0.0102. The summed E-state index contributed by atoms with van der Waals surface area (Å²) in [5.41, 5.74) is 0.462. The van der Waals surface area contributed by atoms with E-state index in [1.807, 2.05) is 0 Å². The highest BCUT2D eigenvalue weighted by atomic mass is 32.2. The van der Waals surface area contributed by atoms with Gasteiger partial charge >= 0.3 is 0 Å². The van der Waals surface area contributed by atoms with Crippen LogP contribution in [0.15, 0.2) is 23.4 Å². The standard InChI is InChI=1S/C22H29F2N7O5S2.CH2O2/c1-22(11-36-12-22)29-38(32,33)15-4-16(30-7-13(9-34-2)25-5-14(30)10-35-3)17-6-26-19(31(17)8-15)21-28-27-20(37-21)18(23)24;2-1-3/h4,6,8,13-14,18,25,29H,5,7,9-12H2,1-3H3;1H,(H,2,3)/t13-,14+;/m1./s1. The number of fused-ring (bicyclic) bond motifs is 1. The first kappa shape index (κ1) is 31.1. The molecule has 14 nitrogen and oxygen atoms in total. The molecule has 0 spiro atoms. The van der Waals surface area contributed by atoms with Gasteiger partial charge in [-0.3, -0.25) is 9.20 Å². The molecule has 3 aromatic rings. The monoisotopic (exact) mass is 619 g/mol. The van der Waals surface area contributed by atoms with Crippen molar-refractivity contribution in [1.82, 2.24) is 29.6 Å². The minimum atomic E-state index is -4.00. The summed E-state index contributed by atoms with van der Waals surface area (Å²) in [7, 11) is -0.775. The quantitative estimate of drug-likeness (QED) is 0.276. The van der Waals surface area contributed by atoms with Crippen LogP contribution in [0.4, 0.5) is 14.5 Å². The molecule has 2 aliphatic heterocycles. The number of rotatable bonds is 10. The first-order chi connectivity index (χ1) is 19.6. The molecule has 3 N–H and O–H groups in total. The van der Waals surface area contributed by atoms with Crippen LogP contribution in [0.1, 0.15) is 18.4 Å². The Labute approximate surface area is 238 Å². The summed E-state index contributed by atoms with van der Waals surface area (Å²) >= 11 is 0.709. The van der Waals surface area contributed by atoms with Gasteiger partial charge in [0.25, 0.3) is 12.9 Å². The number of carboxylic acid groups (broad SMARTS) is 1. The topological polar surface area (TPSA) is 170 Å². The second-order valence-corrected chi connectivity index (χ2v) is 12.4. The Balaban J connectivity index is 0.00000124. The zero-order valence-corrected chi connectivity index (χ0v) is 24.1. The fraction of sp³-hybridized carbons (Fsp3) is 0.565. The summed E-state index contributed by atoms with van der Waals surface area (Å²) in [6.07, 6.45) is 0.230. The van der Waals surface area contributed by atoms with Gasteiger partial charge in [0.05, 0.1) is 55.4 Å². The van der Waals surface area contributed by atoms with Crippen LogP contribution in [0.3, 0.4) is 0 Å². The third kappa shape index (κ3) is 6.79. The normalized spacial score (nSPS) is 20.5. The molecule has 2 saturated heterocycles. The molecule has 0 amide bonds. The molecule has 226 valence electrons. The van der Waals surface area contributed by atoms with Gasteiger partial charge in [0.15, 0.2) is 15.8 Å². The molecule has 2 atom stereocenters. The van der Waals surface area contributed by atoms with Gasteiger partial charge in [-0.05, 0) is 13.0 Å². The van der Waals surface area contributed by atoms with Crippen molar-refractivity contribution in [3.8, 4) is 10.8 Å². The molecule has 18 heteroatoms. The number of alkyl halides is 2. The maximum absolute atomic E-state index is 13.6. The van der Waals surface area contributed by atoms with Crippen molar-refractivity contribution in [2.75, 3.05) is 58.6 Å². The molecule has 0 unspecified atom stereocenters. The van der Waals surface area contributed by atoms with Gasteiger partial charge in [-0.25, -0.2) is 26.9 Å². The first-order valence-electron chi connectivity index (χ1n) is 12.4. The van der Waals surface area contributed by atoms with Crippen molar-refractivity contribution in [2.45, 2.75) is 35.9 Å². The number of piperazine rings is 1. The van der Waals surface area contributed by atoms with Crippen molar-refractivity contribution in [2.24, 2.45) is 0 Å². The fourth-order valence-corrected chi connectivity index (χ4v) is 6.75. The van der Waals surface area contributed by atoms with Gasteiger partial charge in [-0.2, -0.15) is 0 Å². The van der Waals surface area contributed by atoms with Gasteiger partial charge in [-0.1, -0.05) is 11.3 Å². The van der Waals surface area contributed by atoms with Crippen molar-refractivity contribution in [3.63, 3.8) is 0 Å². The lowest BCUT2D eigenvalue weighted by molar-refractivity contribution is -0.122. The van der Waals surface area contributed by atoms with E-state index in [9.17, 15) is 17.2 Å². The molecular weight excluding hydrogens is 588 g/mol. The Morgan fingerprint density at radius 1 is 1.32 bits per heavy atom. The fourth-order valence-electron chi connectivity index (χ4n) is 4.67. The molecule has 41 heavy (non-hydrogen) atoms. The number of nitrogens with zero attached hydrogens (tertiary/aromatic N) is 5. The molecule has 0 aliphatic carbocycles. The SMILES string of the molecule is COC[C@H]1CN(c2cc(S(=O)(=O)NC3(C)COC3)cn3c(-c4nnc(C(F)F)s4)ncc23)[C@H](COC)CN1.O=CO. The highest BCUT2D eigenvalue weighted by molar-refractivity contribution is 7.89. The molecule has 0 radical (unpaired) electrons. The number of anilines is 1. The zero-order valence-electron chi connectivity index (χ0n) is 22.5. The lowest BCUT2D eigenvalue weighted by atomic mass is 10.0. The smallest absolute Gasteiger partial charge is 0.291 e. The number of hydrogen-bond donors (Lipinski definition) is 3. The van der Waals surface area contributed by atoms with Gasteiger partial charge in [0.1, 0.15) is 4.90 Å². The maximum Gasteiger partial charge on any atom is 0.291 e. The van der Waals surface area contributed by atoms with Gasteiger partial charge in [0, 0.05) is 39.5 Å². The highest BCUT2D eigenvalue weighted by Gasteiger charge is 2.39. The maximum atomic E-state index is 13.6. The largest absolute Gasteiger partial charge is 0.483 e. The average molecular weight is 620 g/mol. The molecule has 0 aromatic carbocycles. The van der Waals surface area contributed by atoms with E-state index in [4.69, 9.17) is 24.1 Å². The number of aromatic nitrogens is 4. The molecule has 0 saturated carbocycles. The first-order valence-corrected chi connectivity index (χ1v) is 14.7. The predicted molar refractivity (Wildman–Crippen MR) is 144 cm³/mol. The van der Waals surface area contributed by atoms with Crippen LogP contribution in [-0.2, 0) is 29.0 Å². The van der Waals surface area contributed by atoms with Gasteiger partial charge in [0.2, 0.25) is 10.0 Å². The molecule has 3 aromatic heterocycles. The Kier molecular flexibility index (Phi) is 9.83. The number of imidazole rings is 1. The van der Waals surface area contributed by atoms with Crippen LogP contribution >= 0.6 is 11.3 Å². The summed E-state index contributed by atoms with van der Waals surface area (Å²) in [4.78, 5) is 14.9. The van der Waals surface area contributed by atoms with Crippen LogP contribution in [0, 0.1) is 0 Å². The number of carbonyl (C=O) groups is 1. The van der Waals surface area contributed by atoms with E-state index in [1.165, 1.54) is 6.20 Å². The van der Waals surface area contributed by atoms with E-state index >= 15 is 0 Å². The summed E-state index contributed by atoms with van der Waals surface area (Å²) in [6.45, 7) is 3.96. The van der Waals surface area contributed by atoms with E-state index in [0.29, 0.717) is 48.8 Å². The van der Waals surface area contributed by atoms with Crippen molar-refractivity contribution >= 4 is 39.0 Å². The lowest BCUT2D eigenvalue weighted by Gasteiger charge is -2.42. The predicted octanol–water partition coefficient (Wildman–Crippen LogP) is 0.998. The van der Waals surface area contributed by atoms with Crippen molar-refractivity contribution in [1.29, 1.82) is 0 Å². The number of methoxy groups -OCH3 is 2. The Bertz CT molecular complexity index is 1450. The molecule has 2 fully saturated rings. The number of sulfonamides is 1. The van der Waals surface area contributed by atoms with Crippen LogP contribution < -0.4 is 14.9 Å². The Hall–Kier alpha value is -2.87. The second-order valence-electron chi connectivity index (χ2n) is 9.73. The van der Waals surface area contributed by atoms with Gasteiger partial charge < -0.3 is 29.5 Å². The summed E-state index contributed by atoms with van der Waals surface area (Å²) in [5.74, 6) is 0.216. The summed E-state index contributed by atoms with van der Waals surface area (Å²) in [6, 6.07) is 1.47. The van der Waals surface area contributed by atoms with Crippen molar-refractivity contribution < 1.29 is 41.3 Å². The van der Waals surface area contributed by atoms with E-state index < -0.39 is 27.0 Å². The van der Waals surface area contributed by atoms with E-state index in [2.05, 4.69) is 30.1 Å². The van der Waals surface area contributed by atoms with Crippen LogP contribution in [0.25, 0.3) is 16.3 Å². The average Bonchev–Trinajstić information content (AvgIpc) is 3.56. The Morgan fingerprint density at radius 3 is 2.61 bits per heavy atom. The lowest BCUT2D eigenvalue weighted by Crippen LogP contribution is -2.60. The molecule has 0 bridgehead atoms. The summed E-state index contributed by atoms with van der Waals surface area (Å²) < 4.78 is 73.9. The second kappa shape index (κ2) is 13.0. The van der Waals surface area contributed by atoms with Crippen molar-refractivity contribution in [3.05, 3.63) is 23.5 Å². The number of pyridine rings is 1. The molecule has 2 aliphatic rings. The third-order valence-electron chi connectivity index (χ3n) is 6.48. The number of hydrogen-bond acceptors (Lipinski definition) is 12. The molecular formula is C23H31F2N7O7S2. The van der Waals surface area contributed by atoms with Crippen LogP contribution in [-0.4, -0.2) is 111 Å². The van der Waals surface area contributed by atoms with Crippen LogP contribution in [0.2, 0.25) is 0 Å². The Morgan fingerprint density at radius 2 is 2.02 bits per heavy atom. The van der Waals surface area contributed by atoms with E-state index in [-0.39, 0.29) is 47.5 Å². The molecule has 5 rings (SSSR count). The summed E-state index contributed by atoms with van der Waals surface area (Å²) in [5, 5.41) is 17.5. The third-order valence-corrected chi connectivity index (χ3v) is 9.01.